The average molecular weight is 613 g/mol. The molecule has 0 radical (unpaired) electrons. The molecule has 0 bridgehead atoms. The number of hydrogen-bond donors (Lipinski definition) is 2. The summed E-state index contributed by atoms with van der Waals surface area (Å²) in [6.07, 6.45) is 7.94. The molecule has 7 rings (SSSR count). The van der Waals surface area contributed by atoms with Crippen LogP contribution >= 0.6 is 0 Å². The van der Waals surface area contributed by atoms with E-state index in [9.17, 15) is 28.4 Å². The van der Waals surface area contributed by atoms with Gasteiger partial charge in [-0.2, -0.15) is 5.10 Å². The van der Waals surface area contributed by atoms with E-state index in [-0.39, 0.29) is 41.7 Å². The predicted molar refractivity (Wildman–Crippen MR) is 159 cm³/mol. The van der Waals surface area contributed by atoms with Gasteiger partial charge in [-0.1, -0.05) is 24.6 Å². The van der Waals surface area contributed by atoms with E-state index >= 15 is 0 Å². The molecule has 1 unspecified atom stereocenters. The molecule has 12 heteroatoms. The van der Waals surface area contributed by atoms with E-state index in [0.717, 1.165) is 48.1 Å². The minimum Gasteiger partial charge on any atom is -0.380 e. The Bertz CT molecular complexity index is 1710. The molecule has 3 aliphatic heterocycles. The molecular formula is C33H33FN6O5. The first-order valence-corrected chi connectivity index (χ1v) is 15.4. The van der Waals surface area contributed by atoms with Crippen molar-refractivity contribution in [3.63, 3.8) is 0 Å². The number of benzene rings is 2. The van der Waals surface area contributed by atoms with Gasteiger partial charge in [-0.3, -0.25) is 38.9 Å². The van der Waals surface area contributed by atoms with Crippen molar-refractivity contribution in [2.75, 3.05) is 18.4 Å². The van der Waals surface area contributed by atoms with E-state index in [4.69, 9.17) is 0 Å². The first-order chi connectivity index (χ1) is 21.7. The number of amides is 5. The van der Waals surface area contributed by atoms with Gasteiger partial charge in [0.2, 0.25) is 17.7 Å². The highest BCUT2D eigenvalue weighted by Gasteiger charge is 2.48. The van der Waals surface area contributed by atoms with Crippen LogP contribution < -0.4 is 10.6 Å². The number of fused-ring (bicyclic) bond motifs is 1. The van der Waals surface area contributed by atoms with Crippen LogP contribution in [0.5, 0.6) is 0 Å². The summed E-state index contributed by atoms with van der Waals surface area (Å²) in [5, 5.41) is 10.0. The Labute approximate surface area is 258 Å². The number of likely N-dealkylation sites (tertiary alicyclic amines) is 1. The topological polar surface area (TPSA) is 134 Å². The number of piperidine rings is 2. The molecule has 2 aromatic carbocycles. The quantitative estimate of drug-likeness (QED) is 0.391. The molecule has 232 valence electrons. The molecule has 5 amide bonds. The molecule has 1 aliphatic carbocycles. The number of nitrogens with zero attached hydrogens (tertiary/aromatic N) is 4. The van der Waals surface area contributed by atoms with Crippen molar-refractivity contribution in [2.45, 2.75) is 69.0 Å². The number of carbonyl (C=O) groups excluding carboxylic acids is 5. The third kappa shape index (κ3) is 4.98. The standard InChI is InChI=1S/C33H33FN6O5/c34-22-7-5-21(6-8-22)33(13-2-14-33)32(45)38-15-11-23(12-16-38)39-19-20(18-36-39)17-35-25-4-1-3-24-28(25)31(44)40(30(24)43)26-9-10-27(41)37-29(26)42/h1,3-8,18-19,23,26,35H,2,9-17H2,(H,37,41,42). The Hall–Kier alpha value is -4.87. The second-order valence-electron chi connectivity index (χ2n) is 12.3. The van der Waals surface area contributed by atoms with Crippen molar-refractivity contribution in [3.05, 3.63) is 82.9 Å². The molecule has 2 saturated heterocycles. The van der Waals surface area contributed by atoms with Crippen LogP contribution in [-0.4, -0.2) is 68.2 Å². The van der Waals surface area contributed by atoms with Crippen molar-refractivity contribution in [1.29, 1.82) is 0 Å². The highest BCUT2D eigenvalue weighted by molar-refractivity contribution is 6.25. The van der Waals surface area contributed by atoms with Gasteiger partial charge in [-0.25, -0.2) is 4.39 Å². The van der Waals surface area contributed by atoms with Crippen LogP contribution in [0.1, 0.15) is 82.8 Å². The lowest BCUT2D eigenvalue weighted by Crippen LogP contribution is -2.54. The van der Waals surface area contributed by atoms with E-state index in [0.29, 0.717) is 25.3 Å². The van der Waals surface area contributed by atoms with Crippen LogP contribution in [-0.2, 0) is 26.3 Å². The second-order valence-corrected chi connectivity index (χ2v) is 12.3. The van der Waals surface area contributed by atoms with Crippen LogP contribution in [0.2, 0.25) is 0 Å². The van der Waals surface area contributed by atoms with Crippen molar-refractivity contribution >= 4 is 35.2 Å². The molecule has 45 heavy (non-hydrogen) atoms. The molecule has 3 fully saturated rings. The third-order valence-corrected chi connectivity index (χ3v) is 9.75. The van der Waals surface area contributed by atoms with E-state index in [2.05, 4.69) is 15.7 Å². The highest BCUT2D eigenvalue weighted by atomic mass is 19.1. The molecule has 2 N–H and O–H groups in total. The summed E-state index contributed by atoms with van der Waals surface area (Å²) in [6.45, 7) is 1.60. The van der Waals surface area contributed by atoms with Gasteiger partial charge in [-0.15, -0.1) is 0 Å². The molecule has 4 aliphatic rings. The molecule has 3 aromatic rings. The van der Waals surface area contributed by atoms with Gasteiger partial charge in [0.1, 0.15) is 11.9 Å². The molecule has 11 nitrogen and oxygen atoms in total. The highest BCUT2D eigenvalue weighted by Crippen LogP contribution is 2.46. The van der Waals surface area contributed by atoms with Gasteiger partial charge >= 0.3 is 0 Å². The average Bonchev–Trinajstić information content (AvgIpc) is 3.59. The van der Waals surface area contributed by atoms with Crippen molar-refractivity contribution < 1.29 is 28.4 Å². The Kier molecular flexibility index (Phi) is 7.22. The molecule has 0 spiro atoms. The fraction of sp³-hybridized carbons (Fsp3) is 0.394. The Balaban J connectivity index is 0.979. The maximum Gasteiger partial charge on any atom is 0.264 e. The number of anilines is 1. The summed E-state index contributed by atoms with van der Waals surface area (Å²) in [5.74, 6) is -2.35. The number of nitrogens with one attached hydrogen (secondary N) is 2. The Morgan fingerprint density at radius 1 is 1.00 bits per heavy atom. The summed E-state index contributed by atoms with van der Waals surface area (Å²) >= 11 is 0. The summed E-state index contributed by atoms with van der Waals surface area (Å²) in [4.78, 5) is 67.0. The van der Waals surface area contributed by atoms with Gasteiger partial charge in [-0.05, 0) is 61.9 Å². The lowest BCUT2D eigenvalue weighted by Gasteiger charge is -2.45. The van der Waals surface area contributed by atoms with Gasteiger partial charge in [0.15, 0.2) is 0 Å². The van der Waals surface area contributed by atoms with Crippen molar-refractivity contribution in [2.24, 2.45) is 0 Å². The van der Waals surface area contributed by atoms with E-state index in [1.54, 1.807) is 36.5 Å². The Morgan fingerprint density at radius 3 is 2.44 bits per heavy atom. The number of carbonyl (C=O) groups is 5. The molecule has 1 atom stereocenters. The number of rotatable bonds is 7. The summed E-state index contributed by atoms with van der Waals surface area (Å²) in [6, 6.07) is 10.4. The van der Waals surface area contributed by atoms with Crippen LogP contribution in [0.3, 0.4) is 0 Å². The van der Waals surface area contributed by atoms with Crippen molar-refractivity contribution in [1.82, 2.24) is 24.9 Å². The van der Waals surface area contributed by atoms with Gasteiger partial charge in [0.25, 0.3) is 11.8 Å². The maximum atomic E-state index is 13.6. The van der Waals surface area contributed by atoms with Gasteiger partial charge in [0.05, 0.1) is 28.8 Å². The third-order valence-electron chi connectivity index (χ3n) is 9.75. The van der Waals surface area contributed by atoms with Crippen LogP contribution in [0.25, 0.3) is 0 Å². The largest absolute Gasteiger partial charge is 0.380 e. The van der Waals surface area contributed by atoms with E-state index in [1.807, 2.05) is 15.8 Å². The lowest BCUT2D eigenvalue weighted by molar-refractivity contribution is -0.142. The smallest absolute Gasteiger partial charge is 0.264 e. The zero-order chi connectivity index (χ0) is 31.3. The van der Waals surface area contributed by atoms with Crippen LogP contribution in [0, 0.1) is 5.82 Å². The number of halogens is 1. The Morgan fingerprint density at radius 2 is 1.76 bits per heavy atom. The van der Waals surface area contributed by atoms with E-state index in [1.165, 1.54) is 12.1 Å². The fourth-order valence-electron chi connectivity index (χ4n) is 7.09. The number of imide groups is 2. The van der Waals surface area contributed by atoms with Gasteiger partial charge < -0.3 is 10.2 Å². The fourth-order valence-corrected chi connectivity index (χ4v) is 7.09. The first-order valence-electron chi connectivity index (χ1n) is 15.4. The monoisotopic (exact) mass is 612 g/mol. The predicted octanol–water partition coefficient (Wildman–Crippen LogP) is 3.32. The summed E-state index contributed by atoms with van der Waals surface area (Å²) < 4.78 is 15.4. The zero-order valence-electron chi connectivity index (χ0n) is 24.6. The molecular weight excluding hydrogens is 579 g/mol. The second kappa shape index (κ2) is 11.2. The number of aromatic nitrogens is 2. The van der Waals surface area contributed by atoms with E-state index < -0.39 is 35.1 Å². The molecule has 1 saturated carbocycles. The summed E-state index contributed by atoms with van der Waals surface area (Å²) in [5.41, 5.74) is 2.13. The number of hydrogen-bond acceptors (Lipinski definition) is 7. The van der Waals surface area contributed by atoms with Gasteiger partial charge in [0, 0.05) is 43.5 Å². The lowest BCUT2D eigenvalue weighted by atomic mass is 9.63. The SMILES string of the molecule is O=C1CCC(N2C(=O)c3cccc(NCc4cnn(C5CCN(C(=O)C6(c7ccc(F)cc7)CCC6)CC5)c4)c3C2=O)C(=O)N1. The zero-order valence-corrected chi connectivity index (χ0v) is 24.6. The van der Waals surface area contributed by atoms with Crippen molar-refractivity contribution in [3.8, 4) is 0 Å². The minimum atomic E-state index is -1.02. The molecule has 1 aromatic heterocycles. The van der Waals surface area contributed by atoms with Crippen LogP contribution in [0.15, 0.2) is 54.9 Å². The first kappa shape index (κ1) is 28.9. The maximum absolute atomic E-state index is 13.6. The normalized spacial score (nSPS) is 21.4. The summed E-state index contributed by atoms with van der Waals surface area (Å²) in [7, 11) is 0. The minimum absolute atomic E-state index is 0.0605. The van der Waals surface area contributed by atoms with Crippen LogP contribution in [0.4, 0.5) is 10.1 Å². The molecule has 4 heterocycles.